The number of hydrogen-bond acceptors (Lipinski definition) is 9. The van der Waals surface area contributed by atoms with E-state index in [0.29, 0.717) is 0 Å². The first kappa shape index (κ1) is 27.6. The number of halogens is 1. The molecular weight excluding hydrogens is 422 g/mol. The lowest BCUT2D eigenvalue weighted by atomic mass is 9.99. The van der Waals surface area contributed by atoms with Gasteiger partial charge in [-0.3, -0.25) is 14.4 Å². The Kier molecular flexibility index (Phi) is 10.8. The van der Waals surface area contributed by atoms with Crippen LogP contribution >= 0.6 is 0 Å². The Morgan fingerprint density at radius 2 is 1.37 bits per heavy atom. The van der Waals surface area contributed by atoms with Crippen LogP contribution in [-0.2, 0) is 42.9 Å². The molecule has 0 aromatic heterocycles. The molecule has 11 heteroatoms. The van der Waals surface area contributed by atoms with E-state index in [0.717, 1.165) is 13.8 Å². The molecule has 0 aromatic carbocycles. The highest BCUT2D eigenvalue weighted by atomic mass is 35.5. The Morgan fingerprint density at radius 1 is 0.900 bits per heavy atom. The second-order valence-electron chi connectivity index (χ2n) is 7.38. The number of ether oxygens (including phenoxy) is 5. The largest absolute Gasteiger partial charge is 1.00 e. The highest BCUT2D eigenvalue weighted by molar-refractivity contribution is 5.71. The van der Waals surface area contributed by atoms with Crippen molar-refractivity contribution in [2.45, 2.75) is 58.4 Å². The Morgan fingerprint density at radius 3 is 1.83 bits per heavy atom. The van der Waals surface area contributed by atoms with Gasteiger partial charge in [0.1, 0.15) is 6.54 Å². The summed E-state index contributed by atoms with van der Waals surface area (Å²) in [5, 5.41) is 0. The van der Waals surface area contributed by atoms with Crippen molar-refractivity contribution in [1.29, 1.82) is 0 Å². The molecule has 0 amide bonds. The number of hydrogen-bond donors (Lipinski definition) is 0. The van der Waals surface area contributed by atoms with Crippen LogP contribution in [0.3, 0.4) is 0 Å². The van der Waals surface area contributed by atoms with E-state index in [1.54, 1.807) is 21.0 Å². The number of likely N-dealkylation sites (N-methyl/N-ethyl adjacent to an activating group) is 1. The zero-order chi connectivity index (χ0) is 22.4. The minimum Gasteiger partial charge on any atom is -1.00 e. The lowest BCUT2D eigenvalue weighted by Gasteiger charge is -2.43. The Bertz CT molecular complexity index is 688. The Hall–Kier alpha value is -2.35. The molecule has 1 aliphatic rings. The molecule has 0 saturated carbocycles. The maximum atomic E-state index is 12.4. The molecule has 1 rings (SSSR count). The van der Waals surface area contributed by atoms with Gasteiger partial charge in [0.15, 0.2) is 18.8 Å². The van der Waals surface area contributed by atoms with Crippen molar-refractivity contribution in [3.05, 3.63) is 0 Å². The average molecular weight is 450 g/mol. The van der Waals surface area contributed by atoms with Gasteiger partial charge in [0.25, 0.3) is 0 Å². The van der Waals surface area contributed by atoms with E-state index in [1.807, 2.05) is 0 Å². The number of terminal acetylenes is 1. The molecule has 0 radical (unpaired) electrons. The molecule has 0 aliphatic carbocycles. The second-order valence-corrected chi connectivity index (χ2v) is 7.38. The van der Waals surface area contributed by atoms with Crippen molar-refractivity contribution in [2.24, 2.45) is 0 Å². The molecule has 1 fully saturated rings. The number of quaternary nitrogens is 1. The van der Waals surface area contributed by atoms with E-state index in [-0.39, 0.29) is 30.0 Å². The van der Waals surface area contributed by atoms with E-state index in [1.165, 1.54) is 6.92 Å². The molecule has 1 aliphatic heterocycles. The lowest BCUT2D eigenvalue weighted by molar-refractivity contribution is -0.875. The van der Waals surface area contributed by atoms with Crippen molar-refractivity contribution in [3.8, 4) is 12.3 Å². The summed E-state index contributed by atoms with van der Waals surface area (Å²) in [6.45, 7) is 5.22. The van der Waals surface area contributed by atoms with Gasteiger partial charge in [-0.05, 0) is 12.8 Å². The summed E-state index contributed by atoms with van der Waals surface area (Å²) in [4.78, 5) is 47.1. The molecule has 1 saturated heterocycles. The van der Waals surface area contributed by atoms with Crippen LogP contribution in [0, 0.1) is 12.3 Å². The summed E-state index contributed by atoms with van der Waals surface area (Å²) in [5.74, 6) is -0.260. The van der Waals surface area contributed by atoms with E-state index >= 15 is 0 Å². The predicted octanol–water partition coefficient (Wildman–Crippen LogP) is -3.22. The molecular formula is C19H28ClNO9. The van der Waals surface area contributed by atoms with Gasteiger partial charge in [-0.15, -0.1) is 6.42 Å². The minimum absolute atomic E-state index is 0. The van der Waals surface area contributed by atoms with Crippen molar-refractivity contribution in [3.63, 3.8) is 0 Å². The predicted molar refractivity (Wildman–Crippen MR) is 97.8 cm³/mol. The summed E-state index contributed by atoms with van der Waals surface area (Å²) in [7, 11) is 3.49. The monoisotopic (exact) mass is 449 g/mol. The quantitative estimate of drug-likeness (QED) is 0.171. The van der Waals surface area contributed by atoms with Crippen molar-refractivity contribution >= 4 is 23.9 Å². The van der Waals surface area contributed by atoms with Gasteiger partial charge in [-0.2, -0.15) is 0 Å². The van der Waals surface area contributed by atoms with Crippen LogP contribution in [0.25, 0.3) is 0 Å². The van der Waals surface area contributed by atoms with E-state index < -0.39 is 54.6 Å². The Labute approximate surface area is 182 Å². The maximum absolute atomic E-state index is 12.4. The first-order valence-electron chi connectivity index (χ1n) is 8.98. The summed E-state index contributed by atoms with van der Waals surface area (Å²) < 4.78 is 26.8. The molecule has 30 heavy (non-hydrogen) atoms. The molecule has 0 spiro atoms. The molecule has 0 N–H and O–H groups in total. The molecule has 5 atom stereocenters. The van der Waals surface area contributed by atoms with Crippen LogP contribution in [0.15, 0.2) is 0 Å². The fourth-order valence-corrected chi connectivity index (χ4v) is 2.88. The number of rotatable bonds is 7. The standard InChI is InChI=1S/C19H28NO9.ClH/c1-8-9-20(6,7)10-15(24)29-19-18(28-14(5)23)17(27-13(4)22)16(11(2)25-19)26-12(3)21;/h1,11,16-19H,9-10H2,2-7H3;1H/q+1;/p-1/t11-,16+,17+,18-,19?;/m0./s1. The zero-order valence-corrected chi connectivity index (χ0v) is 18.6. The fraction of sp³-hybridized carbons (Fsp3) is 0.684. The maximum Gasteiger partial charge on any atom is 0.364 e. The fourth-order valence-electron chi connectivity index (χ4n) is 2.88. The normalized spacial score (nSPS) is 25.7. The summed E-state index contributed by atoms with van der Waals surface area (Å²) >= 11 is 0. The smallest absolute Gasteiger partial charge is 0.364 e. The van der Waals surface area contributed by atoms with Crippen LogP contribution in [0.1, 0.15) is 27.7 Å². The first-order valence-corrected chi connectivity index (χ1v) is 8.98. The molecule has 0 aromatic rings. The lowest BCUT2D eigenvalue weighted by Crippen LogP contribution is -3.00. The molecule has 0 bridgehead atoms. The first-order chi connectivity index (χ1) is 13.4. The number of esters is 4. The van der Waals surface area contributed by atoms with Gasteiger partial charge in [-0.25, -0.2) is 4.79 Å². The van der Waals surface area contributed by atoms with Gasteiger partial charge >= 0.3 is 23.9 Å². The third kappa shape index (κ3) is 8.57. The molecule has 10 nitrogen and oxygen atoms in total. The van der Waals surface area contributed by atoms with Gasteiger partial charge in [0.05, 0.1) is 20.2 Å². The molecule has 1 unspecified atom stereocenters. The molecule has 170 valence electrons. The third-order valence-corrected chi connectivity index (χ3v) is 3.96. The number of nitrogens with zero attached hydrogens (tertiary/aromatic N) is 1. The van der Waals surface area contributed by atoms with E-state index in [2.05, 4.69) is 5.92 Å². The van der Waals surface area contributed by atoms with Crippen molar-refractivity contribution in [1.82, 2.24) is 0 Å². The van der Waals surface area contributed by atoms with Crippen LogP contribution in [0.5, 0.6) is 0 Å². The molecule has 1 heterocycles. The summed E-state index contributed by atoms with van der Waals surface area (Å²) in [6, 6.07) is 0. The van der Waals surface area contributed by atoms with Gasteiger partial charge in [0.2, 0.25) is 12.4 Å². The minimum atomic E-state index is -1.37. The summed E-state index contributed by atoms with van der Waals surface area (Å²) in [6.07, 6.45) is -0.513. The van der Waals surface area contributed by atoms with Crippen LogP contribution < -0.4 is 12.4 Å². The highest BCUT2D eigenvalue weighted by Gasteiger charge is 2.52. The summed E-state index contributed by atoms with van der Waals surface area (Å²) in [5.41, 5.74) is 0. The van der Waals surface area contributed by atoms with Crippen LogP contribution in [-0.4, -0.2) is 86.3 Å². The number of carbonyl (C=O) groups excluding carboxylic acids is 4. The van der Waals surface area contributed by atoms with Crippen molar-refractivity contribution < 1.29 is 59.8 Å². The van der Waals surface area contributed by atoms with Gasteiger partial charge < -0.3 is 40.6 Å². The van der Waals surface area contributed by atoms with Gasteiger partial charge in [-0.1, -0.05) is 0 Å². The van der Waals surface area contributed by atoms with Crippen LogP contribution in [0.2, 0.25) is 0 Å². The topological polar surface area (TPSA) is 114 Å². The van der Waals surface area contributed by atoms with Crippen molar-refractivity contribution in [2.75, 3.05) is 27.2 Å². The Balaban J connectivity index is 0.00000841. The highest BCUT2D eigenvalue weighted by Crippen LogP contribution is 2.29. The number of carbonyl (C=O) groups is 4. The zero-order valence-electron chi connectivity index (χ0n) is 17.9. The van der Waals surface area contributed by atoms with E-state index in [9.17, 15) is 19.2 Å². The third-order valence-electron chi connectivity index (χ3n) is 3.96. The second kappa shape index (κ2) is 11.7. The van der Waals surface area contributed by atoms with Gasteiger partial charge in [0, 0.05) is 20.8 Å². The average Bonchev–Trinajstić information content (AvgIpc) is 2.52. The van der Waals surface area contributed by atoms with Crippen LogP contribution in [0.4, 0.5) is 0 Å². The SMILES string of the molecule is C#CC[N+](C)(C)CC(=O)OC1O[C@@H](C)[C@@H](OC(C)=O)[C@@H](OC(C)=O)[C@@H]1OC(C)=O.[Cl-]. The van der Waals surface area contributed by atoms with E-state index in [4.69, 9.17) is 30.1 Å².